The van der Waals surface area contributed by atoms with Crippen molar-refractivity contribution in [3.05, 3.63) is 60.2 Å². The lowest BCUT2D eigenvalue weighted by molar-refractivity contribution is 0.0988. The van der Waals surface area contributed by atoms with Crippen molar-refractivity contribution < 1.29 is 13.2 Å². The number of sulfonamides is 1. The maximum atomic E-state index is 12.9. The highest BCUT2D eigenvalue weighted by atomic mass is 32.2. The van der Waals surface area contributed by atoms with Gasteiger partial charge in [-0.05, 0) is 51.4 Å². The summed E-state index contributed by atoms with van der Waals surface area (Å²) in [7, 11) is 0.0866. The van der Waals surface area contributed by atoms with Gasteiger partial charge in [0.25, 0.3) is 5.91 Å². The van der Waals surface area contributed by atoms with E-state index in [1.54, 1.807) is 17.0 Å². The predicted octanol–water partition coefficient (Wildman–Crippen LogP) is 2.19. The molecule has 1 N–H and O–H groups in total. The van der Waals surface area contributed by atoms with Crippen LogP contribution in [0.25, 0.3) is 0 Å². The van der Waals surface area contributed by atoms with E-state index in [1.165, 1.54) is 12.1 Å². The third-order valence-electron chi connectivity index (χ3n) is 3.87. The van der Waals surface area contributed by atoms with Gasteiger partial charge >= 0.3 is 0 Å². The van der Waals surface area contributed by atoms with Gasteiger partial charge in [0.05, 0.1) is 4.90 Å². The number of nitrogens with one attached hydrogen (secondary N) is 1. The van der Waals surface area contributed by atoms with E-state index in [0.717, 1.165) is 5.69 Å². The standard InChI is InChI=1S/C19H25N3O3S/c1-4-22(17-10-6-5-7-11-17)19(23)16-9-8-12-18(15-16)26(24,25)20-13-14-21(2)3/h5-12,15,20H,4,13-14H2,1-3H3. The molecule has 2 aromatic rings. The third kappa shape index (κ3) is 5.14. The van der Waals surface area contributed by atoms with E-state index in [2.05, 4.69) is 4.72 Å². The van der Waals surface area contributed by atoms with Crippen molar-refractivity contribution in [1.82, 2.24) is 9.62 Å². The van der Waals surface area contributed by atoms with Crippen LogP contribution in [-0.4, -0.2) is 53.0 Å². The highest BCUT2D eigenvalue weighted by Gasteiger charge is 2.19. The molecule has 0 unspecified atom stereocenters. The maximum Gasteiger partial charge on any atom is 0.258 e. The molecule has 2 rings (SSSR count). The van der Waals surface area contributed by atoms with Crippen molar-refractivity contribution in [2.45, 2.75) is 11.8 Å². The second kappa shape index (κ2) is 8.93. The summed E-state index contributed by atoms with van der Waals surface area (Å²) in [6, 6.07) is 15.4. The number of carbonyl (C=O) groups is 1. The average Bonchev–Trinajstić information content (AvgIpc) is 2.63. The van der Waals surface area contributed by atoms with Crippen LogP contribution in [0.1, 0.15) is 17.3 Å². The predicted molar refractivity (Wildman–Crippen MR) is 104 cm³/mol. The fourth-order valence-corrected chi connectivity index (χ4v) is 3.56. The number of likely N-dealkylation sites (N-methyl/N-ethyl adjacent to an activating group) is 1. The number of amides is 1. The second-order valence-corrected chi connectivity index (χ2v) is 7.88. The summed E-state index contributed by atoms with van der Waals surface area (Å²) in [5, 5.41) is 0. The number of para-hydroxylation sites is 1. The largest absolute Gasteiger partial charge is 0.309 e. The molecule has 0 heterocycles. The molecule has 2 aromatic carbocycles. The van der Waals surface area contributed by atoms with Crippen molar-refractivity contribution in [2.75, 3.05) is 38.6 Å². The Morgan fingerprint density at radius 2 is 1.73 bits per heavy atom. The molecule has 6 nitrogen and oxygen atoms in total. The smallest absolute Gasteiger partial charge is 0.258 e. The van der Waals surface area contributed by atoms with Gasteiger partial charge in [0, 0.05) is 30.9 Å². The molecule has 26 heavy (non-hydrogen) atoms. The lowest BCUT2D eigenvalue weighted by atomic mass is 10.2. The molecule has 0 radical (unpaired) electrons. The first kappa shape index (κ1) is 20.1. The van der Waals surface area contributed by atoms with Gasteiger partial charge in [0.2, 0.25) is 10.0 Å². The Labute approximate surface area is 155 Å². The van der Waals surface area contributed by atoms with Crippen molar-refractivity contribution in [3.8, 4) is 0 Å². The van der Waals surface area contributed by atoms with Crippen LogP contribution in [0.4, 0.5) is 5.69 Å². The minimum absolute atomic E-state index is 0.0891. The number of rotatable bonds is 8. The normalized spacial score (nSPS) is 11.5. The Morgan fingerprint density at radius 3 is 2.35 bits per heavy atom. The van der Waals surface area contributed by atoms with Gasteiger partial charge in [-0.2, -0.15) is 0 Å². The fraction of sp³-hybridized carbons (Fsp3) is 0.316. The van der Waals surface area contributed by atoms with Crippen LogP contribution in [0.5, 0.6) is 0 Å². The van der Waals surface area contributed by atoms with E-state index in [4.69, 9.17) is 0 Å². The number of carbonyl (C=O) groups excluding carboxylic acids is 1. The Balaban J connectivity index is 2.23. The molecule has 0 aliphatic rings. The van der Waals surface area contributed by atoms with Crippen molar-refractivity contribution >= 4 is 21.6 Å². The van der Waals surface area contributed by atoms with Gasteiger partial charge < -0.3 is 9.80 Å². The molecule has 0 saturated carbocycles. The van der Waals surface area contributed by atoms with Crippen LogP contribution in [0, 0.1) is 0 Å². The molecule has 140 valence electrons. The van der Waals surface area contributed by atoms with Gasteiger partial charge in [-0.1, -0.05) is 24.3 Å². The molecular weight excluding hydrogens is 350 g/mol. The van der Waals surface area contributed by atoms with Crippen LogP contribution >= 0.6 is 0 Å². The van der Waals surface area contributed by atoms with E-state index >= 15 is 0 Å². The van der Waals surface area contributed by atoms with Gasteiger partial charge in [0.15, 0.2) is 0 Å². The van der Waals surface area contributed by atoms with E-state index in [0.29, 0.717) is 25.2 Å². The zero-order valence-corrected chi connectivity index (χ0v) is 16.2. The molecule has 0 spiro atoms. The highest BCUT2D eigenvalue weighted by molar-refractivity contribution is 7.89. The first-order chi connectivity index (χ1) is 12.3. The summed E-state index contributed by atoms with van der Waals surface area (Å²) in [4.78, 5) is 16.5. The molecule has 0 aliphatic carbocycles. The summed E-state index contributed by atoms with van der Waals surface area (Å²) in [5.41, 5.74) is 1.11. The van der Waals surface area contributed by atoms with Crippen molar-refractivity contribution in [3.63, 3.8) is 0 Å². The maximum absolute atomic E-state index is 12.9. The van der Waals surface area contributed by atoms with Gasteiger partial charge in [0.1, 0.15) is 0 Å². The molecular formula is C19H25N3O3S. The zero-order chi connectivity index (χ0) is 19.2. The molecule has 7 heteroatoms. The second-order valence-electron chi connectivity index (χ2n) is 6.11. The third-order valence-corrected chi connectivity index (χ3v) is 5.33. The summed E-state index contributed by atoms with van der Waals surface area (Å²) in [6.07, 6.45) is 0. The summed E-state index contributed by atoms with van der Waals surface area (Å²) in [6.45, 7) is 3.27. The first-order valence-corrected chi connectivity index (χ1v) is 9.95. The number of hydrogen-bond acceptors (Lipinski definition) is 4. The topological polar surface area (TPSA) is 69.7 Å². The van der Waals surface area contributed by atoms with Gasteiger partial charge in [-0.25, -0.2) is 13.1 Å². The quantitative estimate of drug-likeness (QED) is 0.768. The minimum Gasteiger partial charge on any atom is -0.309 e. The average molecular weight is 375 g/mol. The zero-order valence-electron chi connectivity index (χ0n) is 15.3. The van der Waals surface area contributed by atoms with Crippen LogP contribution in [0.2, 0.25) is 0 Å². The van der Waals surface area contributed by atoms with Crippen LogP contribution in [0.15, 0.2) is 59.5 Å². The van der Waals surface area contributed by atoms with Gasteiger partial charge in [-0.3, -0.25) is 4.79 Å². The SMILES string of the molecule is CCN(C(=O)c1cccc(S(=O)(=O)NCCN(C)C)c1)c1ccccc1. The van der Waals surface area contributed by atoms with E-state index in [9.17, 15) is 13.2 Å². The van der Waals surface area contributed by atoms with E-state index in [-0.39, 0.29) is 10.8 Å². The Hall–Kier alpha value is -2.22. The van der Waals surface area contributed by atoms with Crippen LogP contribution in [-0.2, 0) is 10.0 Å². The Kier molecular flexibility index (Phi) is 6.90. The lowest BCUT2D eigenvalue weighted by Crippen LogP contribution is -2.32. The fourth-order valence-electron chi connectivity index (χ4n) is 2.49. The van der Waals surface area contributed by atoms with E-state index < -0.39 is 10.0 Å². The van der Waals surface area contributed by atoms with Gasteiger partial charge in [-0.15, -0.1) is 0 Å². The lowest BCUT2D eigenvalue weighted by Gasteiger charge is -2.21. The summed E-state index contributed by atoms with van der Waals surface area (Å²) in [5.74, 6) is -0.232. The van der Waals surface area contributed by atoms with Crippen LogP contribution in [0.3, 0.4) is 0 Å². The van der Waals surface area contributed by atoms with E-state index in [1.807, 2.05) is 56.3 Å². The minimum atomic E-state index is -3.66. The monoisotopic (exact) mass is 375 g/mol. The molecule has 0 aromatic heterocycles. The highest BCUT2D eigenvalue weighted by Crippen LogP contribution is 2.18. The summed E-state index contributed by atoms with van der Waals surface area (Å²) < 4.78 is 27.4. The molecule has 0 bridgehead atoms. The molecule has 0 aliphatic heterocycles. The number of nitrogens with zero attached hydrogens (tertiary/aromatic N) is 2. The van der Waals surface area contributed by atoms with Crippen molar-refractivity contribution in [2.24, 2.45) is 0 Å². The van der Waals surface area contributed by atoms with Crippen LogP contribution < -0.4 is 9.62 Å². The number of hydrogen-bond donors (Lipinski definition) is 1. The summed E-state index contributed by atoms with van der Waals surface area (Å²) >= 11 is 0. The molecule has 0 saturated heterocycles. The Morgan fingerprint density at radius 1 is 1.04 bits per heavy atom. The molecule has 0 atom stereocenters. The first-order valence-electron chi connectivity index (χ1n) is 8.46. The Bertz CT molecular complexity index is 836. The molecule has 0 fully saturated rings. The number of benzene rings is 2. The van der Waals surface area contributed by atoms with Crippen molar-refractivity contribution in [1.29, 1.82) is 0 Å². The number of anilines is 1. The molecule has 1 amide bonds.